The lowest BCUT2D eigenvalue weighted by atomic mass is 9.97. The van der Waals surface area contributed by atoms with Gasteiger partial charge in [-0.25, -0.2) is 9.97 Å². The minimum atomic E-state index is -0.591. The zero-order valence-electron chi connectivity index (χ0n) is 16.2. The third kappa shape index (κ3) is 4.59. The van der Waals surface area contributed by atoms with E-state index in [0.29, 0.717) is 32.5 Å². The number of nitrogens with zero attached hydrogens (tertiary/aromatic N) is 5. The van der Waals surface area contributed by atoms with Gasteiger partial charge in [0.15, 0.2) is 0 Å². The van der Waals surface area contributed by atoms with Gasteiger partial charge in [0.25, 0.3) is 5.69 Å². The fourth-order valence-corrected chi connectivity index (χ4v) is 3.28. The number of carbonyl (C=O) groups is 1. The van der Waals surface area contributed by atoms with E-state index in [1.165, 1.54) is 24.5 Å². The molecule has 30 heavy (non-hydrogen) atoms. The van der Waals surface area contributed by atoms with Gasteiger partial charge in [0, 0.05) is 30.9 Å². The maximum atomic E-state index is 11.9. The van der Waals surface area contributed by atoms with Crippen molar-refractivity contribution in [2.45, 2.75) is 19.8 Å². The molecule has 1 N–H and O–H groups in total. The maximum Gasteiger partial charge on any atom is 0.353 e. The van der Waals surface area contributed by atoms with Crippen LogP contribution >= 0.6 is 0 Å². The molecule has 1 aliphatic heterocycles. The summed E-state index contributed by atoms with van der Waals surface area (Å²) in [4.78, 5) is 43.3. The number of rotatable bonds is 7. The molecule has 0 atom stereocenters. The van der Waals surface area contributed by atoms with Crippen LogP contribution in [0.2, 0.25) is 0 Å². The molecule has 0 aliphatic carbocycles. The topological polar surface area (TPSA) is 154 Å². The molecule has 1 aromatic heterocycles. The molecule has 1 aliphatic rings. The van der Waals surface area contributed by atoms with Crippen molar-refractivity contribution in [1.29, 1.82) is 0 Å². The average Bonchev–Trinajstić information content (AvgIpc) is 2.74. The molecule has 2 heterocycles. The lowest BCUT2D eigenvalue weighted by Crippen LogP contribution is -2.37. The van der Waals surface area contributed by atoms with E-state index in [9.17, 15) is 25.0 Å². The number of nitro benzene ring substituents is 1. The fourth-order valence-electron chi connectivity index (χ4n) is 3.28. The van der Waals surface area contributed by atoms with E-state index in [1.807, 2.05) is 0 Å². The molecule has 1 aromatic carbocycles. The van der Waals surface area contributed by atoms with Gasteiger partial charge in [-0.1, -0.05) is 6.07 Å². The maximum absolute atomic E-state index is 11.9. The lowest BCUT2D eigenvalue weighted by molar-refractivity contribution is -0.384. The normalized spacial score (nSPS) is 14.2. The van der Waals surface area contributed by atoms with Gasteiger partial charge in [-0.15, -0.1) is 0 Å². The second-order valence-corrected chi connectivity index (χ2v) is 6.60. The Morgan fingerprint density at radius 1 is 1.23 bits per heavy atom. The van der Waals surface area contributed by atoms with Crippen molar-refractivity contribution in [3.05, 3.63) is 50.8 Å². The molecule has 3 rings (SSSR count). The van der Waals surface area contributed by atoms with Crippen LogP contribution in [-0.2, 0) is 9.53 Å². The third-order valence-electron chi connectivity index (χ3n) is 4.72. The molecular weight excluding hydrogens is 396 g/mol. The van der Waals surface area contributed by atoms with Crippen molar-refractivity contribution in [2.75, 3.05) is 29.9 Å². The molecule has 158 valence electrons. The predicted octanol–water partition coefficient (Wildman–Crippen LogP) is 2.82. The Kier molecular flexibility index (Phi) is 6.35. The van der Waals surface area contributed by atoms with E-state index in [4.69, 9.17) is 4.74 Å². The molecule has 0 unspecified atom stereocenters. The quantitative estimate of drug-likeness (QED) is 0.405. The van der Waals surface area contributed by atoms with Crippen LogP contribution in [0.3, 0.4) is 0 Å². The van der Waals surface area contributed by atoms with Crippen molar-refractivity contribution in [3.63, 3.8) is 0 Å². The second-order valence-electron chi connectivity index (χ2n) is 6.60. The molecule has 0 spiro atoms. The largest absolute Gasteiger partial charge is 0.466 e. The van der Waals surface area contributed by atoms with Crippen molar-refractivity contribution < 1.29 is 19.4 Å². The smallest absolute Gasteiger partial charge is 0.353 e. The number of aromatic nitrogens is 2. The summed E-state index contributed by atoms with van der Waals surface area (Å²) in [6.07, 6.45) is 2.18. The van der Waals surface area contributed by atoms with Crippen LogP contribution < -0.4 is 10.2 Å². The molecule has 0 saturated carbocycles. The van der Waals surface area contributed by atoms with Crippen molar-refractivity contribution in [2.24, 2.45) is 5.92 Å². The summed E-state index contributed by atoms with van der Waals surface area (Å²) in [6.45, 7) is 2.85. The van der Waals surface area contributed by atoms with E-state index < -0.39 is 9.85 Å². The van der Waals surface area contributed by atoms with Crippen LogP contribution in [0.4, 0.5) is 28.7 Å². The Labute approximate surface area is 171 Å². The first-order valence-electron chi connectivity index (χ1n) is 9.33. The summed E-state index contributed by atoms with van der Waals surface area (Å²) in [6, 6.07) is 5.59. The highest BCUT2D eigenvalue weighted by molar-refractivity contribution is 5.76. The van der Waals surface area contributed by atoms with Crippen LogP contribution in [0.15, 0.2) is 30.6 Å². The number of non-ortho nitro benzene ring substituents is 1. The summed E-state index contributed by atoms with van der Waals surface area (Å²) in [5.74, 6) is -0.449. The number of benzene rings is 1. The predicted molar refractivity (Wildman–Crippen MR) is 107 cm³/mol. The highest BCUT2D eigenvalue weighted by atomic mass is 16.6. The number of nitro groups is 2. The Morgan fingerprint density at radius 2 is 1.97 bits per heavy atom. The lowest BCUT2D eigenvalue weighted by Gasteiger charge is -2.31. The van der Waals surface area contributed by atoms with E-state index in [1.54, 1.807) is 17.9 Å². The van der Waals surface area contributed by atoms with E-state index in [-0.39, 0.29) is 40.6 Å². The molecule has 1 saturated heterocycles. The summed E-state index contributed by atoms with van der Waals surface area (Å²) >= 11 is 0. The Hall–Kier alpha value is -3.83. The number of hydrogen-bond acceptors (Lipinski definition) is 10. The van der Waals surface area contributed by atoms with Crippen LogP contribution in [0.1, 0.15) is 19.8 Å². The Morgan fingerprint density at radius 3 is 2.60 bits per heavy atom. The summed E-state index contributed by atoms with van der Waals surface area (Å²) in [5, 5.41) is 25.5. The molecule has 0 radical (unpaired) electrons. The Bertz CT molecular complexity index is 960. The van der Waals surface area contributed by atoms with Crippen molar-refractivity contribution in [3.8, 4) is 0 Å². The van der Waals surface area contributed by atoms with Crippen LogP contribution in [0.25, 0.3) is 0 Å². The zero-order valence-corrected chi connectivity index (χ0v) is 16.2. The van der Waals surface area contributed by atoms with Gasteiger partial charge >= 0.3 is 11.7 Å². The number of anilines is 3. The monoisotopic (exact) mass is 416 g/mol. The van der Waals surface area contributed by atoms with Crippen molar-refractivity contribution >= 4 is 34.7 Å². The zero-order chi connectivity index (χ0) is 21.7. The molecule has 12 nitrogen and oxygen atoms in total. The first kappa shape index (κ1) is 20.9. The first-order chi connectivity index (χ1) is 14.4. The standard InChI is InChI=1S/C18H20N6O6/c1-2-30-18(25)12-6-8-22(9-7-12)17-15(24(28)29)16(19-11-20-17)21-13-4-3-5-14(10-13)23(26)27/h3-5,10-12H,2,6-9H2,1H3,(H,19,20,21). The van der Waals surface area contributed by atoms with Gasteiger partial charge in [-0.3, -0.25) is 25.0 Å². The molecule has 2 aromatic rings. The number of ether oxygens (including phenoxy) is 1. The molecule has 1 fully saturated rings. The van der Waals surface area contributed by atoms with Crippen molar-refractivity contribution in [1.82, 2.24) is 9.97 Å². The van der Waals surface area contributed by atoms with Gasteiger partial charge in [0.05, 0.1) is 22.4 Å². The van der Waals surface area contributed by atoms with Crippen LogP contribution in [0.5, 0.6) is 0 Å². The number of esters is 1. The average molecular weight is 416 g/mol. The summed E-state index contributed by atoms with van der Waals surface area (Å²) in [5.41, 5.74) is -0.200. The Balaban J connectivity index is 1.84. The van der Waals surface area contributed by atoms with Gasteiger partial charge < -0.3 is 15.0 Å². The molecule has 0 bridgehead atoms. The van der Waals surface area contributed by atoms with E-state index in [0.717, 1.165) is 0 Å². The van der Waals surface area contributed by atoms with Crippen LogP contribution in [0, 0.1) is 26.1 Å². The van der Waals surface area contributed by atoms with E-state index >= 15 is 0 Å². The minimum absolute atomic E-state index is 0.0713. The fraction of sp³-hybridized carbons (Fsp3) is 0.389. The van der Waals surface area contributed by atoms with Crippen LogP contribution in [-0.4, -0.2) is 45.5 Å². The first-order valence-corrected chi connectivity index (χ1v) is 9.33. The van der Waals surface area contributed by atoms with Gasteiger partial charge in [0.1, 0.15) is 6.33 Å². The highest BCUT2D eigenvalue weighted by Crippen LogP contribution is 2.35. The second kappa shape index (κ2) is 9.11. The van der Waals surface area contributed by atoms with Gasteiger partial charge in [-0.2, -0.15) is 0 Å². The minimum Gasteiger partial charge on any atom is -0.466 e. The number of piperidine rings is 1. The number of hydrogen-bond donors (Lipinski definition) is 1. The third-order valence-corrected chi connectivity index (χ3v) is 4.72. The summed E-state index contributed by atoms with van der Waals surface area (Å²) in [7, 11) is 0. The highest BCUT2D eigenvalue weighted by Gasteiger charge is 2.32. The summed E-state index contributed by atoms with van der Waals surface area (Å²) < 4.78 is 5.05. The molecule has 12 heteroatoms. The van der Waals surface area contributed by atoms with Gasteiger partial charge in [-0.05, 0) is 25.8 Å². The number of nitrogens with one attached hydrogen (secondary N) is 1. The van der Waals surface area contributed by atoms with Gasteiger partial charge in [0.2, 0.25) is 11.6 Å². The SMILES string of the molecule is CCOC(=O)C1CCN(c2ncnc(Nc3cccc([N+](=O)[O-])c3)c2[N+](=O)[O-])CC1. The number of carbonyl (C=O) groups excluding carboxylic acids is 1. The molecular formula is C18H20N6O6. The van der Waals surface area contributed by atoms with E-state index in [2.05, 4.69) is 15.3 Å². The molecule has 0 amide bonds.